The summed E-state index contributed by atoms with van der Waals surface area (Å²) >= 11 is 2.71. The first kappa shape index (κ1) is 18.8. The predicted molar refractivity (Wildman–Crippen MR) is 114 cm³/mol. The van der Waals surface area contributed by atoms with Gasteiger partial charge in [0.15, 0.2) is 0 Å². The molecule has 2 aromatic carbocycles. The fraction of sp³-hybridized carbons (Fsp3) is 0.238. The number of aryl methyl sites for hydroxylation is 1. The number of ether oxygens (including phenoxy) is 1. The number of hydrogen-bond acceptors (Lipinski definition) is 5. The molecule has 7 heteroatoms. The third-order valence-corrected chi connectivity index (χ3v) is 7.07. The zero-order valence-corrected chi connectivity index (χ0v) is 17.2. The number of aromatic amines is 1. The van der Waals surface area contributed by atoms with Gasteiger partial charge in [-0.3, -0.25) is 9.59 Å². The summed E-state index contributed by atoms with van der Waals surface area (Å²) < 4.78 is 5.37. The van der Waals surface area contributed by atoms with Crippen molar-refractivity contribution in [2.24, 2.45) is 5.92 Å². The fourth-order valence-corrected chi connectivity index (χ4v) is 5.82. The fourth-order valence-electron chi connectivity index (χ4n) is 3.41. The van der Waals surface area contributed by atoms with Crippen molar-refractivity contribution in [2.75, 3.05) is 18.2 Å². The second kappa shape index (κ2) is 7.85. The quantitative estimate of drug-likeness (QED) is 0.672. The molecule has 0 saturated carbocycles. The Morgan fingerprint density at radius 3 is 2.75 bits per heavy atom. The van der Waals surface area contributed by atoms with Crippen molar-refractivity contribution in [1.82, 2.24) is 4.98 Å². The first-order chi connectivity index (χ1) is 13.5. The van der Waals surface area contributed by atoms with Crippen molar-refractivity contribution in [2.45, 2.75) is 17.9 Å². The molecule has 3 aromatic rings. The summed E-state index contributed by atoms with van der Waals surface area (Å²) in [5.74, 6) is 0.797. The van der Waals surface area contributed by atoms with E-state index in [2.05, 4.69) is 10.3 Å². The first-order valence-corrected chi connectivity index (χ1v) is 10.7. The normalized spacial score (nSPS) is 18.4. The van der Waals surface area contributed by atoms with Crippen LogP contribution in [0.2, 0.25) is 0 Å². The van der Waals surface area contributed by atoms with Gasteiger partial charge in [-0.25, -0.2) is 0 Å². The maximum absolute atomic E-state index is 13.2. The molecule has 5 nitrogen and oxygen atoms in total. The number of rotatable bonds is 4. The van der Waals surface area contributed by atoms with E-state index >= 15 is 0 Å². The molecule has 0 fully saturated rings. The molecule has 2 N–H and O–H groups in total. The van der Waals surface area contributed by atoms with Gasteiger partial charge < -0.3 is 15.0 Å². The molecule has 2 atom stereocenters. The van der Waals surface area contributed by atoms with Crippen LogP contribution < -0.4 is 14.9 Å². The number of amides is 1. The van der Waals surface area contributed by atoms with E-state index in [1.165, 1.54) is 23.1 Å². The van der Waals surface area contributed by atoms with Crippen molar-refractivity contribution in [1.29, 1.82) is 0 Å². The van der Waals surface area contributed by atoms with Crippen molar-refractivity contribution < 1.29 is 9.53 Å². The zero-order chi connectivity index (χ0) is 19.7. The van der Waals surface area contributed by atoms with E-state index in [0.717, 1.165) is 32.5 Å². The van der Waals surface area contributed by atoms with Crippen LogP contribution in [0.15, 0.2) is 58.4 Å². The van der Waals surface area contributed by atoms with Crippen LogP contribution in [-0.2, 0) is 4.79 Å². The molecule has 28 heavy (non-hydrogen) atoms. The highest BCUT2D eigenvalue weighted by atomic mass is 32.2. The van der Waals surface area contributed by atoms with E-state index in [4.69, 9.17) is 4.74 Å². The molecule has 0 saturated heterocycles. The molecule has 144 valence electrons. The van der Waals surface area contributed by atoms with Crippen LogP contribution in [0, 0.1) is 12.8 Å². The van der Waals surface area contributed by atoms with Gasteiger partial charge in [0, 0.05) is 22.2 Å². The Hall–Kier alpha value is -2.51. The molecule has 0 bridgehead atoms. The summed E-state index contributed by atoms with van der Waals surface area (Å²) in [4.78, 5) is 28.9. The lowest BCUT2D eigenvalue weighted by Gasteiger charge is -2.30. The van der Waals surface area contributed by atoms with Gasteiger partial charge in [-0.15, -0.1) is 11.8 Å². The average molecular weight is 413 g/mol. The van der Waals surface area contributed by atoms with Crippen LogP contribution in [-0.4, -0.2) is 23.8 Å². The number of thiazole rings is 1. The number of methoxy groups -OCH3 is 1. The molecule has 1 aromatic heterocycles. The van der Waals surface area contributed by atoms with Crippen molar-refractivity contribution in [3.63, 3.8) is 0 Å². The molecule has 1 amide bonds. The van der Waals surface area contributed by atoms with Crippen LogP contribution in [0.5, 0.6) is 5.75 Å². The van der Waals surface area contributed by atoms with E-state index in [-0.39, 0.29) is 22.6 Å². The number of anilines is 1. The number of carbonyl (C=O) groups is 1. The monoisotopic (exact) mass is 412 g/mol. The number of H-pyrrole nitrogens is 1. The summed E-state index contributed by atoms with van der Waals surface area (Å²) in [6.45, 7) is 2.01. The van der Waals surface area contributed by atoms with Gasteiger partial charge in [0.2, 0.25) is 5.91 Å². The summed E-state index contributed by atoms with van der Waals surface area (Å²) in [6, 6.07) is 15.5. The average Bonchev–Trinajstić information content (AvgIpc) is 3.09. The standard InChI is InChI=1S/C21H20N2O3S2/c1-12-6-8-14(9-7-12)22-19(24)16-11-27-20-18(28-21(25)23-20)17(16)13-4-3-5-15(10-13)26-2/h3-10,16-17H,11H2,1-2H3,(H,22,24)(H,23,25)/t16-,17+/m0/s1. The van der Waals surface area contributed by atoms with E-state index < -0.39 is 0 Å². The summed E-state index contributed by atoms with van der Waals surface area (Å²) in [5, 5.41) is 3.90. The molecule has 1 aliphatic heterocycles. The Kier molecular flexibility index (Phi) is 5.28. The van der Waals surface area contributed by atoms with Gasteiger partial charge in [0.05, 0.1) is 18.1 Å². The number of benzene rings is 2. The Morgan fingerprint density at radius 2 is 2.00 bits per heavy atom. The number of nitrogens with one attached hydrogen (secondary N) is 2. The zero-order valence-electron chi connectivity index (χ0n) is 15.5. The van der Waals surface area contributed by atoms with E-state index in [0.29, 0.717) is 5.75 Å². The molecule has 1 aliphatic rings. The molecule has 0 aliphatic carbocycles. The van der Waals surface area contributed by atoms with E-state index in [1.807, 2.05) is 55.5 Å². The largest absolute Gasteiger partial charge is 0.497 e. The van der Waals surface area contributed by atoms with E-state index in [9.17, 15) is 9.59 Å². The van der Waals surface area contributed by atoms with Crippen LogP contribution >= 0.6 is 23.1 Å². The topological polar surface area (TPSA) is 71.2 Å². The Labute approximate surface area is 171 Å². The lowest BCUT2D eigenvalue weighted by Crippen LogP contribution is -2.32. The molecule has 0 radical (unpaired) electrons. The van der Waals surface area contributed by atoms with Crippen LogP contribution in [0.3, 0.4) is 0 Å². The second-order valence-corrected chi connectivity index (χ2v) is 8.78. The number of aromatic nitrogens is 1. The molecule has 0 spiro atoms. The maximum atomic E-state index is 13.2. The van der Waals surface area contributed by atoms with Crippen molar-refractivity contribution >= 4 is 34.7 Å². The smallest absolute Gasteiger partial charge is 0.305 e. The minimum atomic E-state index is -0.294. The molecule has 4 rings (SSSR count). The third-order valence-electron chi connectivity index (χ3n) is 4.84. The number of hydrogen-bond donors (Lipinski definition) is 2. The van der Waals surface area contributed by atoms with E-state index in [1.54, 1.807) is 7.11 Å². The Bertz CT molecular complexity index is 1060. The highest BCUT2D eigenvalue weighted by Crippen LogP contribution is 2.46. The maximum Gasteiger partial charge on any atom is 0.305 e. The summed E-state index contributed by atoms with van der Waals surface area (Å²) in [5.41, 5.74) is 2.89. The number of carbonyl (C=O) groups excluding carboxylic acids is 1. The third kappa shape index (κ3) is 3.72. The van der Waals surface area contributed by atoms with Gasteiger partial charge in [-0.1, -0.05) is 41.2 Å². The van der Waals surface area contributed by atoms with Gasteiger partial charge in [0.1, 0.15) is 5.75 Å². The van der Waals surface area contributed by atoms with Crippen LogP contribution in [0.4, 0.5) is 5.69 Å². The Balaban J connectivity index is 1.71. The Morgan fingerprint density at radius 1 is 1.21 bits per heavy atom. The predicted octanol–water partition coefficient (Wildman–Crippen LogP) is 4.25. The first-order valence-electron chi connectivity index (χ1n) is 8.92. The lowest BCUT2D eigenvalue weighted by atomic mass is 9.85. The highest BCUT2D eigenvalue weighted by molar-refractivity contribution is 7.99. The second-order valence-electron chi connectivity index (χ2n) is 6.73. The minimum Gasteiger partial charge on any atom is -0.497 e. The summed E-state index contributed by atoms with van der Waals surface area (Å²) in [7, 11) is 1.62. The van der Waals surface area contributed by atoms with Crippen LogP contribution in [0.1, 0.15) is 21.9 Å². The van der Waals surface area contributed by atoms with Crippen LogP contribution in [0.25, 0.3) is 0 Å². The molecular formula is C21H20N2O3S2. The van der Waals surface area contributed by atoms with Gasteiger partial charge in [-0.2, -0.15) is 0 Å². The van der Waals surface area contributed by atoms with Gasteiger partial charge >= 0.3 is 4.87 Å². The number of fused-ring (bicyclic) bond motifs is 1. The molecular weight excluding hydrogens is 392 g/mol. The minimum absolute atomic E-state index is 0.0457. The SMILES string of the molecule is COc1cccc([C@H]2c3sc(=O)[nH]c3SC[C@@H]2C(=O)Nc2ccc(C)cc2)c1. The van der Waals surface area contributed by atoms with Gasteiger partial charge in [-0.05, 0) is 36.8 Å². The van der Waals surface area contributed by atoms with Crippen molar-refractivity contribution in [3.8, 4) is 5.75 Å². The molecule has 2 heterocycles. The number of thioether (sulfide) groups is 1. The summed E-state index contributed by atoms with van der Waals surface area (Å²) in [6.07, 6.45) is 0. The lowest BCUT2D eigenvalue weighted by molar-refractivity contribution is -0.119. The highest BCUT2D eigenvalue weighted by Gasteiger charge is 2.38. The van der Waals surface area contributed by atoms with Gasteiger partial charge in [0.25, 0.3) is 0 Å². The van der Waals surface area contributed by atoms with Crippen molar-refractivity contribution in [3.05, 3.63) is 74.2 Å². The molecule has 0 unspecified atom stereocenters.